The van der Waals surface area contributed by atoms with Crippen LogP contribution in [0.15, 0.2) is 0 Å². The van der Waals surface area contributed by atoms with Crippen LogP contribution in [-0.4, -0.2) is 108 Å². The number of amides is 1. The van der Waals surface area contributed by atoms with Gasteiger partial charge in [-0.2, -0.15) is 0 Å². The minimum absolute atomic E-state index is 0.217. The molecule has 0 bridgehead atoms. The van der Waals surface area contributed by atoms with E-state index in [1.807, 2.05) is 0 Å². The second kappa shape index (κ2) is 29.6. The number of nitrogens with one attached hydrogen (secondary N) is 1. The molecule has 8 unspecified atom stereocenters. The number of phosphoric ester groups is 1. The zero-order valence-corrected chi connectivity index (χ0v) is 33.1. The number of hydrogen-bond donors (Lipinski definition) is 9. The molecule has 0 saturated heterocycles. The van der Waals surface area contributed by atoms with Crippen molar-refractivity contribution in [3.63, 3.8) is 0 Å². The Kier molecular flexibility index (Phi) is 28.0. The van der Waals surface area contributed by atoms with Gasteiger partial charge in [-0.3, -0.25) is 13.8 Å². The Morgan fingerprint density at radius 1 is 0.596 bits per heavy atom. The van der Waals surface area contributed by atoms with Crippen LogP contribution < -0.4 is 5.32 Å². The highest BCUT2D eigenvalue weighted by atomic mass is 31.2. The lowest BCUT2D eigenvalue weighted by Gasteiger charge is -2.41. The Morgan fingerprint density at radius 3 is 1.38 bits per heavy atom. The first-order chi connectivity index (χ1) is 24.8. The largest absolute Gasteiger partial charge is 0.472 e. The van der Waals surface area contributed by atoms with Crippen molar-refractivity contribution in [2.24, 2.45) is 0 Å². The molecule has 0 aromatic carbocycles. The first-order valence-corrected chi connectivity index (χ1v) is 22.1. The minimum atomic E-state index is -5.10. The third-order valence-corrected chi connectivity index (χ3v) is 11.2. The lowest BCUT2D eigenvalue weighted by atomic mass is 9.85. The lowest BCUT2D eigenvalue weighted by molar-refractivity contribution is -0.220. The summed E-state index contributed by atoms with van der Waals surface area (Å²) in [6.45, 7) is 3.73. The summed E-state index contributed by atoms with van der Waals surface area (Å²) < 4.78 is 22.8. The van der Waals surface area contributed by atoms with Gasteiger partial charge in [0.05, 0.1) is 31.3 Å². The van der Waals surface area contributed by atoms with Crippen LogP contribution in [0.3, 0.4) is 0 Å². The van der Waals surface area contributed by atoms with E-state index in [1.54, 1.807) is 0 Å². The smallest absolute Gasteiger partial charge is 0.393 e. The Balaban J connectivity index is 2.59. The molecule has 0 radical (unpaired) electrons. The molecule has 8 atom stereocenters. The maximum absolute atomic E-state index is 12.9. The molecule has 52 heavy (non-hydrogen) atoms. The van der Waals surface area contributed by atoms with Crippen molar-refractivity contribution in [2.45, 2.75) is 229 Å². The Hall–Kier alpha value is -0.700. The van der Waals surface area contributed by atoms with Crippen molar-refractivity contribution >= 4 is 13.7 Å². The minimum Gasteiger partial charge on any atom is -0.393 e. The van der Waals surface area contributed by atoms with Crippen LogP contribution in [0.5, 0.6) is 0 Å². The van der Waals surface area contributed by atoms with E-state index >= 15 is 0 Å². The van der Waals surface area contributed by atoms with E-state index in [2.05, 4.69) is 19.2 Å². The highest BCUT2D eigenvalue weighted by Crippen LogP contribution is 2.47. The van der Waals surface area contributed by atoms with Crippen LogP contribution >= 0.6 is 7.82 Å². The molecule has 0 spiro atoms. The second-order valence-electron chi connectivity index (χ2n) is 15.0. The molecule has 0 aliphatic heterocycles. The fourth-order valence-electron chi connectivity index (χ4n) is 6.77. The first-order valence-electron chi connectivity index (χ1n) is 20.6. The SMILES string of the molecule is CCCCCCCCCCCCCCC(O)CC(=O)NC(COP(=O)(O)OC1C(O)C(O)C(O)C(O)C1O)C(O)CCCCCCCCCCCC. The number of rotatable bonds is 33. The van der Waals surface area contributed by atoms with Gasteiger partial charge in [0.1, 0.15) is 36.6 Å². The Bertz CT molecular complexity index is 916. The van der Waals surface area contributed by atoms with Crippen molar-refractivity contribution < 1.29 is 59.0 Å². The summed E-state index contributed by atoms with van der Waals surface area (Å²) >= 11 is 0. The molecule has 13 nitrogen and oxygen atoms in total. The van der Waals surface area contributed by atoms with Crippen molar-refractivity contribution in [3.8, 4) is 0 Å². The number of carbonyl (C=O) groups excluding carboxylic acids is 1. The number of hydrogen-bond acceptors (Lipinski definition) is 11. The van der Waals surface area contributed by atoms with Crippen LogP contribution in [0.2, 0.25) is 0 Å². The molecular formula is C38H76NO12P. The quantitative estimate of drug-likeness (QED) is 0.0306. The maximum atomic E-state index is 12.9. The number of phosphoric acid groups is 1. The summed E-state index contributed by atoms with van der Waals surface area (Å²) in [5.41, 5.74) is 0. The molecule has 1 fully saturated rings. The summed E-state index contributed by atoms with van der Waals surface area (Å²) in [5.74, 6) is -0.561. The second-order valence-corrected chi connectivity index (χ2v) is 16.4. The van der Waals surface area contributed by atoms with Crippen LogP contribution in [0.4, 0.5) is 0 Å². The molecule has 9 N–H and O–H groups in total. The molecule has 0 aromatic heterocycles. The zero-order chi connectivity index (χ0) is 38.8. The lowest BCUT2D eigenvalue weighted by Crippen LogP contribution is -2.64. The molecule has 1 rings (SSSR count). The van der Waals surface area contributed by atoms with Gasteiger partial charge in [-0.15, -0.1) is 0 Å². The van der Waals surface area contributed by atoms with E-state index in [9.17, 15) is 50.0 Å². The zero-order valence-electron chi connectivity index (χ0n) is 32.2. The normalized spacial score (nSPS) is 25.0. The van der Waals surface area contributed by atoms with E-state index in [-0.39, 0.29) is 12.8 Å². The molecule has 1 saturated carbocycles. The summed E-state index contributed by atoms with van der Waals surface area (Å²) in [4.78, 5) is 23.3. The average molecular weight is 770 g/mol. The van der Waals surface area contributed by atoms with E-state index in [4.69, 9.17) is 9.05 Å². The first kappa shape index (κ1) is 49.3. The predicted molar refractivity (Wildman–Crippen MR) is 201 cm³/mol. The summed E-state index contributed by atoms with van der Waals surface area (Å²) in [6, 6.07) is -1.15. The van der Waals surface area contributed by atoms with Gasteiger partial charge in [0.2, 0.25) is 5.91 Å². The van der Waals surface area contributed by atoms with Crippen LogP contribution in [-0.2, 0) is 18.4 Å². The average Bonchev–Trinajstić information content (AvgIpc) is 3.11. The molecule has 1 aliphatic carbocycles. The molecule has 14 heteroatoms. The van der Waals surface area contributed by atoms with Gasteiger partial charge in [0.15, 0.2) is 0 Å². The van der Waals surface area contributed by atoms with Gasteiger partial charge in [0.25, 0.3) is 0 Å². The van der Waals surface area contributed by atoms with Crippen LogP contribution in [0.25, 0.3) is 0 Å². The van der Waals surface area contributed by atoms with Crippen molar-refractivity contribution in [1.82, 2.24) is 5.32 Å². The number of aliphatic hydroxyl groups is 7. The number of unbranched alkanes of at least 4 members (excludes halogenated alkanes) is 20. The highest BCUT2D eigenvalue weighted by molar-refractivity contribution is 7.47. The van der Waals surface area contributed by atoms with Crippen molar-refractivity contribution in [2.75, 3.05) is 6.61 Å². The topological polar surface area (TPSA) is 226 Å². The Labute approximate surface area is 313 Å². The van der Waals surface area contributed by atoms with Gasteiger partial charge < -0.3 is 46.0 Å². The van der Waals surface area contributed by atoms with E-state index in [0.717, 1.165) is 51.4 Å². The molecule has 1 aliphatic rings. The predicted octanol–water partition coefficient (Wildman–Crippen LogP) is 5.31. The van der Waals surface area contributed by atoms with Gasteiger partial charge in [-0.05, 0) is 12.8 Å². The van der Waals surface area contributed by atoms with Gasteiger partial charge in [-0.25, -0.2) is 4.57 Å². The van der Waals surface area contributed by atoms with Crippen LogP contribution in [0, 0.1) is 0 Å². The van der Waals surface area contributed by atoms with E-state index in [1.165, 1.54) is 83.5 Å². The monoisotopic (exact) mass is 770 g/mol. The van der Waals surface area contributed by atoms with E-state index < -0.39 is 75.2 Å². The molecule has 0 heterocycles. The summed E-state index contributed by atoms with van der Waals surface area (Å²) in [6.07, 6.45) is 11.8. The van der Waals surface area contributed by atoms with Gasteiger partial charge in [-0.1, -0.05) is 155 Å². The maximum Gasteiger partial charge on any atom is 0.472 e. The van der Waals surface area contributed by atoms with Crippen LogP contribution in [0.1, 0.15) is 174 Å². The fraction of sp³-hybridized carbons (Fsp3) is 0.974. The molecule has 0 aromatic rings. The van der Waals surface area contributed by atoms with Gasteiger partial charge >= 0.3 is 7.82 Å². The summed E-state index contributed by atoms with van der Waals surface area (Å²) in [7, 11) is -5.10. The highest BCUT2D eigenvalue weighted by Gasteiger charge is 2.51. The van der Waals surface area contributed by atoms with E-state index in [0.29, 0.717) is 12.8 Å². The number of carbonyl (C=O) groups is 1. The summed E-state index contributed by atoms with van der Waals surface area (Å²) in [5, 5.41) is 74.2. The molecule has 310 valence electrons. The Morgan fingerprint density at radius 2 is 0.962 bits per heavy atom. The van der Waals surface area contributed by atoms with Crippen molar-refractivity contribution in [1.29, 1.82) is 0 Å². The third kappa shape index (κ3) is 22.0. The van der Waals surface area contributed by atoms with Crippen molar-refractivity contribution in [3.05, 3.63) is 0 Å². The number of aliphatic hydroxyl groups excluding tert-OH is 7. The standard InChI is InChI=1S/C38H76NO12P/c1-3-5-7-9-11-13-15-16-17-19-21-23-25-29(40)27-32(42)39-30(31(41)26-24-22-20-18-14-12-10-8-6-4-2)28-50-52(48,49)51-38-36(46)34(44)33(43)35(45)37(38)47/h29-31,33-38,40-41,43-47H,3-28H2,1-2H3,(H,39,42)(H,48,49). The fourth-order valence-corrected chi connectivity index (χ4v) is 7.74. The van der Waals surface area contributed by atoms with Gasteiger partial charge in [0, 0.05) is 0 Å². The molecule has 1 amide bonds. The molecular weight excluding hydrogens is 693 g/mol. The third-order valence-electron chi connectivity index (χ3n) is 10.2.